The maximum Gasteiger partial charge on any atom is 0.326 e. The van der Waals surface area contributed by atoms with Crippen LogP contribution in [0.15, 0.2) is 56.2 Å². The molecule has 3 rings (SSSR count). The topological polar surface area (TPSA) is 77.7 Å². The highest BCUT2D eigenvalue weighted by Gasteiger charge is 2.16. The molecule has 0 aliphatic heterocycles. The maximum absolute atomic E-state index is 12.7. The molecule has 1 aromatic heterocycles. The second-order valence-electron chi connectivity index (χ2n) is 5.77. The molecule has 0 fully saturated rings. The van der Waals surface area contributed by atoms with E-state index < -0.39 is 16.0 Å². The van der Waals surface area contributed by atoms with E-state index in [4.69, 9.17) is 4.74 Å². The van der Waals surface area contributed by atoms with Gasteiger partial charge in [0.2, 0.25) is 4.80 Å². The fourth-order valence-electron chi connectivity index (χ4n) is 2.47. The van der Waals surface area contributed by atoms with Gasteiger partial charge in [-0.15, -0.1) is 4.40 Å². The van der Waals surface area contributed by atoms with E-state index in [0.717, 1.165) is 14.7 Å². The highest BCUT2D eigenvalue weighted by molar-refractivity contribution is 9.10. The van der Waals surface area contributed by atoms with Gasteiger partial charge in [-0.1, -0.05) is 45.0 Å². The normalized spacial score (nSPS) is 12.5. The summed E-state index contributed by atoms with van der Waals surface area (Å²) in [7, 11) is -3.91. The molecule has 9 heteroatoms. The van der Waals surface area contributed by atoms with E-state index in [-0.39, 0.29) is 22.8 Å². The second kappa shape index (κ2) is 7.95. The predicted octanol–water partition coefficient (Wildman–Crippen LogP) is 3.63. The molecule has 0 saturated heterocycles. The van der Waals surface area contributed by atoms with Crippen LogP contribution in [-0.2, 0) is 26.1 Å². The van der Waals surface area contributed by atoms with E-state index in [0.29, 0.717) is 5.52 Å². The van der Waals surface area contributed by atoms with Crippen LogP contribution in [0.3, 0.4) is 0 Å². The lowest BCUT2D eigenvalue weighted by molar-refractivity contribution is -0.143. The van der Waals surface area contributed by atoms with Gasteiger partial charge in [0.25, 0.3) is 10.0 Å². The van der Waals surface area contributed by atoms with E-state index in [2.05, 4.69) is 20.3 Å². The largest absolute Gasteiger partial charge is 0.465 e. The zero-order valence-electron chi connectivity index (χ0n) is 14.7. The van der Waals surface area contributed by atoms with Crippen LogP contribution in [0.25, 0.3) is 10.2 Å². The first kappa shape index (κ1) is 19.8. The quantitative estimate of drug-likeness (QED) is 0.535. The number of hydrogen-bond donors (Lipinski definition) is 0. The molecule has 2 aromatic carbocycles. The minimum atomic E-state index is -3.91. The first-order valence-corrected chi connectivity index (χ1v) is 11.2. The fourth-order valence-corrected chi connectivity index (χ4v) is 5.26. The average Bonchev–Trinajstić information content (AvgIpc) is 2.91. The molecule has 142 valence electrons. The molecule has 0 saturated carbocycles. The smallest absolute Gasteiger partial charge is 0.326 e. The first-order valence-electron chi connectivity index (χ1n) is 8.12. The Kier molecular flexibility index (Phi) is 5.83. The predicted molar refractivity (Wildman–Crippen MR) is 108 cm³/mol. The van der Waals surface area contributed by atoms with Crippen molar-refractivity contribution in [2.45, 2.75) is 25.3 Å². The van der Waals surface area contributed by atoms with Crippen LogP contribution in [0.4, 0.5) is 0 Å². The van der Waals surface area contributed by atoms with Crippen LogP contribution in [0.1, 0.15) is 12.5 Å². The molecule has 0 bridgehead atoms. The Hall–Kier alpha value is -1.97. The van der Waals surface area contributed by atoms with Gasteiger partial charge in [0.05, 0.1) is 21.7 Å². The Balaban J connectivity index is 2.18. The van der Waals surface area contributed by atoms with Crippen LogP contribution < -0.4 is 4.80 Å². The van der Waals surface area contributed by atoms with Gasteiger partial charge < -0.3 is 9.30 Å². The molecule has 3 aromatic rings. The minimum absolute atomic E-state index is 0.106. The lowest BCUT2D eigenvalue weighted by Crippen LogP contribution is -2.23. The number of carbonyl (C=O) groups is 1. The fraction of sp³-hybridized carbons (Fsp3) is 0.222. The molecular weight excluding hydrogens is 452 g/mol. The van der Waals surface area contributed by atoms with Gasteiger partial charge in [-0.25, -0.2) is 0 Å². The second-order valence-corrected chi connectivity index (χ2v) is 9.30. The van der Waals surface area contributed by atoms with Crippen molar-refractivity contribution in [2.75, 3.05) is 6.61 Å². The molecule has 0 aliphatic carbocycles. The number of sulfonamides is 1. The van der Waals surface area contributed by atoms with Crippen molar-refractivity contribution < 1.29 is 17.9 Å². The number of rotatable bonds is 5. The van der Waals surface area contributed by atoms with Crippen molar-refractivity contribution in [1.29, 1.82) is 0 Å². The third kappa shape index (κ3) is 4.48. The Morgan fingerprint density at radius 3 is 2.59 bits per heavy atom. The molecule has 6 nitrogen and oxygen atoms in total. The summed E-state index contributed by atoms with van der Waals surface area (Å²) in [5.74, 6) is -0.450. The Morgan fingerprint density at radius 1 is 1.22 bits per heavy atom. The van der Waals surface area contributed by atoms with Crippen LogP contribution in [0.5, 0.6) is 0 Å². The van der Waals surface area contributed by atoms with Gasteiger partial charge in [-0.05, 0) is 44.2 Å². The van der Waals surface area contributed by atoms with Crippen molar-refractivity contribution >= 4 is 53.5 Å². The number of thiazole rings is 1. The maximum atomic E-state index is 12.7. The molecule has 0 spiro atoms. The number of aryl methyl sites for hydroxylation is 1. The molecule has 0 unspecified atom stereocenters. The molecular formula is C18H17BrN2O4S2. The first-order chi connectivity index (χ1) is 12.8. The molecule has 27 heavy (non-hydrogen) atoms. The standard InChI is InChI=1S/C18H17BrN2O4S2/c1-3-25-17(22)11-21-15-9-6-13(19)10-16(15)26-18(21)20-27(23,24)14-7-4-12(2)5-8-14/h4-10H,3,11H2,1-2H3/b20-18-. The summed E-state index contributed by atoms with van der Waals surface area (Å²) in [6, 6.07) is 12.0. The SMILES string of the molecule is CCOC(=O)Cn1/c(=N/S(=O)(=O)c2ccc(C)cc2)sc2cc(Br)ccc21. The van der Waals surface area contributed by atoms with E-state index in [1.165, 1.54) is 23.5 Å². The minimum Gasteiger partial charge on any atom is -0.465 e. The highest BCUT2D eigenvalue weighted by atomic mass is 79.9. The van der Waals surface area contributed by atoms with E-state index in [9.17, 15) is 13.2 Å². The molecule has 0 aliphatic rings. The van der Waals surface area contributed by atoms with Gasteiger partial charge in [-0.3, -0.25) is 4.79 Å². The lowest BCUT2D eigenvalue weighted by atomic mass is 10.2. The number of nitrogens with zero attached hydrogens (tertiary/aromatic N) is 2. The number of hydrogen-bond acceptors (Lipinski definition) is 5. The summed E-state index contributed by atoms with van der Waals surface area (Å²) in [6.45, 7) is 3.74. The lowest BCUT2D eigenvalue weighted by Gasteiger charge is -2.05. The molecule has 0 amide bonds. The van der Waals surface area contributed by atoms with Gasteiger partial charge in [-0.2, -0.15) is 8.42 Å². The zero-order chi connectivity index (χ0) is 19.6. The van der Waals surface area contributed by atoms with Gasteiger partial charge >= 0.3 is 5.97 Å². The van der Waals surface area contributed by atoms with Crippen molar-refractivity contribution in [3.63, 3.8) is 0 Å². The number of carbonyl (C=O) groups excluding carboxylic acids is 1. The van der Waals surface area contributed by atoms with E-state index in [1.807, 2.05) is 25.1 Å². The van der Waals surface area contributed by atoms with Crippen LogP contribution in [-0.4, -0.2) is 25.6 Å². The van der Waals surface area contributed by atoms with Crippen molar-refractivity contribution in [3.05, 3.63) is 57.3 Å². The highest BCUT2D eigenvalue weighted by Crippen LogP contribution is 2.23. The van der Waals surface area contributed by atoms with Gasteiger partial charge in [0.1, 0.15) is 6.54 Å². The number of aromatic nitrogens is 1. The summed E-state index contributed by atoms with van der Waals surface area (Å²) < 4.78 is 37.7. The molecule has 0 N–H and O–H groups in total. The zero-order valence-corrected chi connectivity index (χ0v) is 17.9. The third-order valence-corrected chi connectivity index (χ3v) is 6.69. The summed E-state index contributed by atoms with van der Waals surface area (Å²) >= 11 is 4.61. The van der Waals surface area contributed by atoms with E-state index >= 15 is 0 Å². The Bertz CT molecular complexity index is 1160. The van der Waals surface area contributed by atoms with Crippen LogP contribution in [0.2, 0.25) is 0 Å². The number of ether oxygens (including phenoxy) is 1. The molecule has 1 heterocycles. The van der Waals surface area contributed by atoms with E-state index in [1.54, 1.807) is 23.6 Å². The van der Waals surface area contributed by atoms with Gasteiger partial charge in [0.15, 0.2) is 0 Å². The number of esters is 1. The molecule has 0 atom stereocenters. The van der Waals surface area contributed by atoms with Gasteiger partial charge in [0, 0.05) is 4.47 Å². The average molecular weight is 469 g/mol. The Labute approximate surface area is 169 Å². The van der Waals surface area contributed by atoms with Crippen LogP contribution >= 0.6 is 27.3 Å². The van der Waals surface area contributed by atoms with Crippen molar-refractivity contribution in [1.82, 2.24) is 4.57 Å². The number of fused-ring (bicyclic) bond motifs is 1. The number of halogens is 1. The molecule has 0 radical (unpaired) electrons. The summed E-state index contributed by atoms with van der Waals surface area (Å²) in [5, 5.41) is 0. The number of benzene rings is 2. The summed E-state index contributed by atoms with van der Waals surface area (Å²) in [4.78, 5) is 12.3. The monoisotopic (exact) mass is 468 g/mol. The van der Waals surface area contributed by atoms with Crippen molar-refractivity contribution in [2.24, 2.45) is 4.40 Å². The Morgan fingerprint density at radius 2 is 1.93 bits per heavy atom. The third-order valence-electron chi connectivity index (χ3n) is 3.75. The summed E-state index contributed by atoms with van der Waals surface area (Å²) in [6.07, 6.45) is 0. The van der Waals surface area contributed by atoms with Crippen molar-refractivity contribution in [3.8, 4) is 0 Å². The van der Waals surface area contributed by atoms with Crippen LogP contribution in [0, 0.1) is 6.92 Å². The summed E-state index contributed by atoms with van der Waals surface area (Å²) in [5.41, 5.74) is 1.67.